The molecule has 0 aliphatic heterocycles. The van der Waals surface area contributed by atoms with Crippen LogP contribution in [0.1, 0.15) is 16.7 Å². The summed E-state index contributed by atoms with van der Waals surface area (Å²) in [5.74, 6) is -0.773. The van der Waals surface area contributed by atoms with Crippen molar-refractivity contribution in [3.8, 4) is 11.8 Å². The van der Waals surface area contributed by atoms with E-state index in [2.05, 4.69) is 0 Å². The fourth-order valence-corrected chi connectivity index (χ4v) is 1.86. The van der Waals surface area contributed by atoms with Crippen LogP contribution >= 0.6 is 11.6 Å². The lowest BCUT2D eigenvalue weighted by Crippen LogP contribution is -2.01. The molecule has 0 unspecified atom stereocenters. The largest absolute Gasteiger partial charge is 0.486 e. The molecule has 0 atom stereocenters. The van der Waals surface area contributed by atoms with E-state index >= 15 is 0 Å². The average Bonchev–Trinajstić information content (AvgIpc) is 2.46. The smallest absolute Gasteiger partial charge is 0.165 e. The minimum atomic E-state index is -0.543. The fourth-order valence-electron chi connectivity index (χ4n) is 1.69. The van der Waals surface area contributed by atoms with E-state index in [1.54, 1.807) is 6.07 Å². The summed E-state index contributed by atoms with van der Waals surface area (Å²) in [6.45, 7) is -0.0855. The quantitative estimate of drug-likeness (QED) is 0.793. The predicted octanol–water partition coefficient (Wildman–Crippen LogP) is 4.15. The SMILES string of the molecule is N#Cc1ccc(F)cc1COc1ccc(CCl)cc1F. The van der Waals surface area contributed by atoms with Crippen LogP contribution in [0.15, 0.2) is 36.4 Å². The Morgan fingerprint density at radius 1 is 1.15 bits per heavy atom. The van der Waals surface area contributed by atoms with Gasteiger partial charge in [-0.15, -0.1) is 11.6 Å². The van der Waals surface area contributed by atoms with Crippen LogP contribution in [0.3, 0.4) is 0 Å². The van der Waals surface area contributed by atoms with Gasteiger partial charge in [0.1, 0.15) is 12.4 Å². The molecule has 0 heterocycles. The summed E-state index contributed by atoms with van der Waals surface area (Å²) in [4.78, 5) is 0. The van der Waals surface area contributed by atoms with Gasteiger partial charge in [-0.05, 0) is 35.9 Å². The van der Waals surface area contributed by atoms with Gasteiger partial charge < -0.3 is 4.74 Å². The monoisotopic (exact) mass is 293 g/mol. The van der Waals surface area contributed by atoms with E-state index in [0.717, 1.165) is 0 Å². The number of nitrogens with zero attached hydrogens (tertiary/aromatic N) is 1. The van der Waals surface area contributed by atoms with Crippen molar-refractivity contribution in [3.63, 3.8) is 0 Å². The van der Waals surface area contributed by atoms with Gasteiger partial charge >= 0.3 is 0 Å². The summed E-state index contributed by atoms with van der Waals surface area (Å²) in [7, 11) is 0. The molecule has 2 aromatic carbocycles. The van der Waals surface area contributed by atoms with Crippen molar-refractivity contribution in [1.82, 2.24) is 0 Å². The Balaban J connectivity index is 2.17. The molecule has 5 heteroatoms. The minimum Gasteiger partial charge on any atom is -0.486 e. The zero-order valence-electron chi connectivity index (χ0n) is 10.4. The molecule has 2 rings (SSSR count). The van der Waals surface area contributed by atoms with E-state index in [1.165, 1.54) is 30.3 Å². The molecular formula is C15H10ClF2NO. The molecule has 0 aliphatic carbocycles. The fraction of sp³-hybridized carbons (Fsp3) is 0.133. The molecule has 0 N–H and O–H groups in total. The highest BCUT2D eigenvalue weighted by Crippen LogP contribution is 2.21. The number of ether oxygens (including phenoxy) is 1. The molecule has 0 radical (unpaired) electrons. The number of hydrogen-bond acceptors (Lipinski definition) is 2. The van der Waals surface area contributed by atoms with Crippen molar-refractivity contribution >= 4 is 11.6 Å². The molecule has 20 heavy (non-hydrogen) atoms. The molecule has 0 saturated heterocycles. The van der Waals surface area contributed by atoms with Crippen LogP contribution < -0.4 is 4.74 Å². The summed E-state index contributed by atoms with van der Waals surface area (Å²) >= 11 is 5.60. The first-order chi connectivity index (χ1) is 9.63. The summed E-state index contributed by atoms with van der Waals surface area (Å²) in [6, 6.07) is 10.1. The Kier molecular flexibility index (Phi) is 4.54. The topological polar surface area (TPSA) is 33.0 Å². The van der Waals surface area contributed by atoms with Gasteiger partial charge in [-0.25, -0.2) is 8.78 Å². The first-order valence-corrected chi connectivity index (χ1v) is 6.33. The first-order valence-electron chi connectivity index (χ1n) is 5.79. The van der Waals surface area contributed by atoms with Crippen molar-refractivity contribution in [2.45, 2.75) is 12.5 Å². The summed E-state index contributed by atoms with van der Waals surface area (Å²) in [5.41, 5.74) is 1.30. The van der Waals surface area contributed by atoms with E-state index in [0.29, 0.717) is 16.7 Å². The molecule has 0 aromatic heterocycles. The number of nitriles is 1. The van der Waals surface area contributed by atoms with Gasteiger partial charge in [0.05, 0.1) is 11.6 Å². The Labute approximate surface area is 120 Å². The minimum absolute atomic E-state index is 0.0343. The van der Waals surface area contributed by atoms with Gasteiger partial charge in [0.2, 0.25) is 0 Å². The van der Waals surface area contributed by atoms with E-state index in [-0.39, 0.29) is 18.2 Å². The molecule has 0 fully saturated rings. The Bertz CT molecular complexity index is 667. The molecule has 2 nitrogen and oxygen atoms in total. The van der Waals surface area contributed by atoms with E-state index < -0.39 is 11.6 Å². The van der Waals surface area contributed by atoms with Crippen molar-refractivity contribution in [1.29, 1.82) is 5.26 Å². The lowest BCUT2D eigenvalue weighted by Gasteiger charge is -2.09. The maximum atomic E-state index is 13.7. The van der Waals surface area contributed by atoms with Crippen molar-refractivity contribution < 1.29 is 13.5 Å². The lowest BCUT2D eigenvalue weighted by atomic mass is 10.1. The first kappa shape index (κ1) is 14.3. The highest BCUT2D eigenvalue weighted by atomic mass is 35.5. The highest BCUT2D eigenvalue weighted by molar-refractivity contribution is 6.17. The molecule has 0 spiro atoms. The summed E-state index contributed by atoms with van der Waals surface area (Å²) < 4.78 is 32.1. The van der Waals surface area contributed by atoms with Crippen LogP contribution in [0.4, 0.5) is 8.78 Å². The van der Waals surface area contributed by atoms with Gasteiger partial charge in [-0.2, -0.15) is 5.26 Å². The summed E-state index contributed by atoms with van der Waals surface area (Å²) in [6.07, 6.45) is 0. The van der Waals surface area contributed by atoms with Crippen LogP contribution in [-0.2, 0) is 12.5 Å². The third-order valence-electron chi connectivity index (χ3n) is 2.72. The van der Waals surface area contributed by atoms with E-state index in [1.807, 2.05) is 6.07 Å². The zero-order valence-corrected chi connectivity index (χ0v) is 11.1. The Morgan fingerprint density at radius 3 is 2.60 bits per heavy atom. The van der Waals surface area contributed by atoms with Crippen LogP contribution in [0.5, 0.6) is 5.75 Å². The van der Waals surface area contributed by atoms with Gasteiger partial charge in [0.15, 0.2) is 11.6 Å². The molecule has 102 valence electrons. The van der Waals surface area contributed by atoms with E-state index in [9.17, 15) is 8.78 Å². The van der Waals surface area contributed by atoms with E-state index in [4.69, 9.17) is 21.6 Å². The number of benzene rings is 2. The van der Waals surface area contributed by atoms with Gasteiger partial charge in [0, 0.05) is 11.4 Å². The summed E-state index contributed by atoms with van der Waals surface area (Å²) in [5, 5.41) is 8.91. The standard InChI is InChI=1S/C15H10ClF2NO/c16-7-10-1-4-15(14(18)5-10)20-9-12-6-13(17)3-2-11(12)8-19/h1-6H,7,9H2. The Morgan fingerprint density at radius 2 is 1.95 bits per heavy atom. The number of halogens is 3. The predicted molar refractivity (Wildman–Crippen MR) is 71.4 cm³/mol. The van der Waals surface area contributed by atoms with Crippen molar-refractivity contribution in [3.05, 3.63) is 64.7 Å². The molecule has 0 bridgehead atoms. The maximum Gasteiger partial charge on any atom is 0.165 e. The lowest BCUT2D eigenvalue weighted by molar-refractivity contribution is 0.289. The van der Waals surface area contributed by atoms with Crippen LogP contribution in [0.2, 0.25) is 0 Å². The highest BCUT2D eigenvalue weighted by Gasteiger charge is 2.08. The van der Waals surface area contributed by atoms with Crippen molar-refractivity contribution in [2.75, 3.05) is 0 Å². The molecule has 0 saturated carbocycles. The zero-order chi connectivity index (χ0) is 14.5. The normalized spacial score (nSPS) is 10.1. The van der Waals surface area contributed by atoms with Crippen molar-refractivity contribution in [2.24, 2.45) is 0 Å². The number of rotatable bonds is 4. The number of hydrogen-bond donors (Lipinski definition) is 0. The average molecular weight is 294 g/mol. The van der Waals surface area contributed by atoms with Gasteiger partial charge in [-0.3, -0.25) is 0 Å². The molecular weight excluding hydrogens is 284 g/mol. The molecule has 2 aromatic rings. The van der Waals surface area contributed by atoms with Gasteiger partial charge in [0.25, 0.3) is 0 Å². The van der Waals surface area contributed by atoms with Crippen LogP contribution in [0, 0.1) is 23.0 Å². The third-order valence-corrected chi connectivity index (χ3v) is 3.03. The second-order valence-corrected chi connectivity index (χ2v) is 4.37. The van der Waals surface area contributed by atoms with Gasteiger partial charge in [-0.1, -0.05) is 6.07 Å². The Hall–Kier alpha value is -2.12. The number of alkyl halides is 1. The van der Waals surface area contributed by atoms with Crippen LogP contribution in [-0.4, -0.2) is 0 Å². The maximum absolute atomic E-state index is 13.7. The second kappa shape index (κ2) is 6.36. The molecule has 0 aliphatic rings. The third kappa shape index (κ3) is 3.25. The molecule has 0 amide bonds. The second-order valence-electron chi connectivity index (χ2n) is 4.10. The van der Waals surface area contributed by atoms with Crippen LogP contribution in [0.25, 0.3) is 0 Å².